The van der Waals surface area contributed by atoms with E-state index < -0.39 is 5.97 Å². The van der Waals surface area contributed by atoms with Crippen LogP contribution in [0.4, 0.5) is 5.69 Å². The van der Waals surface area contributed by atoms with Crippen molar-refractivity contribution in [1.29, 1.82) is 0 Å². The molecule has 0 spiro atoms. The van der Waals surface area contributed by atoms with Crippen molar-refractivity contribution in [3.63, 3.8) is 0 Å². The number of hydrogen-bond donors (Lipinski definition) is 0. The summed E-state index contributed by atoms with van der Waals surface area (Å²) >= 11 is 0. The van der Waals surface area contributed by atoms with E-state index in [0.29, 0.717) is 34.0 Å². The molecule has 1 amide bonds. The van der Waals surface area contributed by atoms with E-state index in [-0.39, 0.29) is 5.91 Å². The Hall–Kier alpha value is -4.19. The molecule has 6 heteroatoms. The van der Waals surface area contributed by atoms with E-state index >= 15 is 0 Å². The Kier molecular flexibility index (Phi) is 5.62. The molecule has 1 aliphatic rings. The number of amides is 1. The lowest BCUT2D eigenvalue weighted by molar-refractivity contribution is -0.114. The first-order chi connectivity index (χ1) is 15.1. The summed E-state index contributed by atoms with van der Waals surface area (Å²) in [4.78, 5) is 25.2. The van der Waals surface area contributed by atoms with E-state index in [2.05, 4.69) is 5.10 Å². The number of esters is 1. The maximum Gasteiger partial charge on any atom is 0.343 e. The first-order valence-corrected chi connectivity index (χ1v) is 9.69. The highest BCUT2D eigenvalue weighted by Gasteiger charge is 2.28. The van der Waals surface area contributed by atoms with Gasteiger partial charge in [-0.25, -0.2) is 4.79 Å². The topological polar surface area (TPSA) is 68.2 Å². The second-order valence-electron chi connectivity index (χ2n) is 6.86. The smallest absolute Gasteiger partial charge is 0.343 e. The van der Waals surface area contributed by atoms with Crippen LogP contribution in [0.2, 0.25) is 0 Å². The first kappa shape index (κ1) is 20.1. The lowest BCUT2D eigenvalue weighted by Crippen LogP contribution is -2.21. The fraction of sp³-hybridized carbons (Fsp3) is 0.0800. The van der Waals surface area contributed by atoms with Gasteiger partial charge in [0.2, 0.25) is 0 Å². The fourth-order valence-electron chi connectivity index (χ4n) is 3.19. The van der Waals surface area contributed by atoms with E-state index in [1.165, 1.54) is 12.1 Å². The van der Waals surface area contributed by atoms with Gasteiger partial charge in [-0.05, 0) is 55.0 Å². The molecular weight excluding hydrogens is 392 g/mol. The number of ether oxygens (including phenoxy) is 2. The van der Waals surface area contributed by atoms with Gasteiger partial charge in [0.1, 0.15) is 0 Å². The molecule has 6 nitrogen and oxygen atoms in total. The number of carbonyl (C=O) groups excluding carboxylic acids is 2. The fourth-order valence-corrected chi connectivity index (χ4v) is 3.19. The second kappa shape index (κ2) is 8.67. The number of rotatable bonds is 5. The van der Waals surface area contributed by atoms with E-state index in [9.17, 15) is 9.59 Å². The molecule has 0 aromatic heterocycles. The van der Waals surface area contributed by atoms with Crippen molar-refractivity contribution in [2.75, 3.05) is 12.1 Å². The summed E-state index contributed by atoms with van der Waals surface area (Å²) in [6.07, 6.45) is 1.75. The van der Waals surface area contributed by atoms with Gasteiger partial charge >= 0.3 is 5.97 Å². The molecule has 4 rings (SSSR count). The molecule has 3 aromatic carbocycles. The number of carbonyl (C=O) groups is 2. The number of methoxy groups -OCH3 is 1. The van der Waals surface area contributed by atoms with Crippen molar-refractivity contribution in [2.45, 2.75) is 6.92 Å². The Balaban J connectivity index is 1.58. The van der Waals surface area contributed by atoms with E-state index in [1.807, 2.05) is 36.4 Å². The minimum atomic E-state index is -0.475. The van der Waals surface area contributed by atoms with Gasteiger partial charge in [-0.3, -0.25) is 4.79 Å². The van der Waals surface area contributed by atoms with Crippen LogP contribution in [0.3, 0.4) is 0 Å². The van der Waals surface area contributed by atoms with Gasteiger partial charge < -0.3 is 9.47 Å². The minimum absolute atomic E-state index is 0.206. The molecule has 1 aliphatic heterocycles. The monoisotopic (exact) mass is 412 g/mol. The van der Waals surface area contributed by atoms with Crippen LogP contribution in [0.5, 0.6) is 11.5 Å². The molecule has 31 heavy (non-hydrogen) atoms. The number of hydrazone groups is 1. The molecule has 0 saturated heterocycles. The van der Waals surface area contributed by atoms with Gasteiger partial charge in [-0.15, -0.1) is 0 Å². The summed E-state index contributed by atoms with van der Waals surface area (Å²) in [5.74, 6) is 0.00541. The summed E-state index contributed by atoms with van der Waals surface area (Å²) < 4.78 is 10.9. The Morgan fingerprint density at radius 3 is 2.29 bits per heavy atom. The van der Waals surface area contributed by atoms with Crippen LogP contribution in [-0.2, 0) is 4.79 Å². The lowest BCUT2D eigenvalue weighted by Gasteiger charge is -2.11. The first-order valence-electron chi connectivity index (χ1n) is 9.69. The van der Waals surface area contributed by atoms with Crippen molar-refractivity contribution in [2.24, 2.45) is 5.10 Å². The molecule has 154 valence electrons. The molecule has 0 unspecified atom stereocenters. The average Bonchev–Trinajstić information content (AvgIpc) is 3.09. The van der Waals surface area contributed by atoms with Gasteiger partial charge in [-0.2, -0.15) is 10.1 Å². The van der Waals surface area contributed by atoms with E-state index in [4.69, 9.17) is 9.47 Å². The van der Waals surface area contributed by atoms with Crippen LogP contribution < -0.4 is 14.5 Å². The van der Waals surface area contributed by atoms with E-state index in [0.717, 1.165) is 5.56 Å². The highest BCUT2D eigenvalue weighted by Crippen LogP contribution is 2.31. The number of para-hydroxylation sites is 1. The van der Waals surface area contributed by atoms with Crippen LogP contribution in [0.15, 0.2) is 89.5 Å². The molecule has 0 aliphatic carbocycles. The number of nitrogens with zero attached hydrogens (tertiary/aromatic N) is 2. The molecule has 0 N–H and O–H groups in total. The normalized spacial score (nSPS) is 14.5. The molecule has 0 saturated carbocycles. The van der Waals surface area contributed by atoms with Gasteiger partial charge in [0, 0.05) is 0 Å². The van der Waals surface area contributed by atoms with Crippen molar-refractivity contribution in [1.82, 2.24) is 0 Å². The number of hydrogen-bond acceptors (Lipinski definition) is 5. The molecule has 1 heterocycles. The van der Waals surface area contributed by atoms with Gasteiger partial charge in [-0.1, -0.05) is 42.5 Å². The molecule has 0 radical (unpaired) electrons. The number of benzene rings is 3. The van der Waals surface area contributed by atoms with Crippen LogP contribution in [0, 0.1) is 0 Å². The van der Waals surface area contributed by atoms with Crippen LogP contribution in [-0.4, -0.2) is 24.7 Å². The quantitative estimate of drug-likeness (QED) is 0.345. The van der Waals surface area contributed by atoms with Crippen molar-refractivity contribution < 1.29 is 19.1 Å². The average molecular weight is 412 g/mol. The SMILES string of the molecule is COc1cc(/C=C2\C(=O)N(c3ccccc3)N=C2C)ccc1OC(=O)c1ccccc1. The number of anilines is 1. The predicted molar refractivity (Wildman–Crippen MR) is 119 cm³/mol. The molecular formula is C25H20N2O4. The third-order valence-corrected chi connectivity index (χ3v) is 4.77. The van der Waals surface area contributed by atoms with Gasteiger partial charge in [0.15, 0.2) is 11.5 Å². The Bertz CT molecular complexity index is 1180. The summed E-state index contributed by atoms with van der Waals surface area (Å²) in [5, 5.41) is 5.77. The maximum atomic E-state index is 12.9. The molecule has 0 atom stereocenters. The Morgan fingerprint density at radius 1 is 0.935 bits per heavy atom. The Morgan fingerprint density at radius 2 is 1.61 bits per heavy atom. The van der Waals surface area contributed by atoms with Crippen LogP contribution in [0.1, 0.15) is 22.8 Å². The van der Waals surface area contributed by atoms with Crippen LogP contribution in [0.25, 0.3) is 6.08 Å². The zero-order valence-corrected chi connectivity index (χ0v) is 17.1. The largest absolute Gasteiger partial charge is 0.493 e. The summed E-state index contributed by atoms with van der Waals surface area (Å²) in [6.45, 7) is 1.79. The summed E-state index contributed by atoms with van der Waals surface area (Å²) in [5.41, 5.74) is 2.98. The van der Waals surface area contributed by atoms with E-state index in [1.54, 1.807) is 55.5 Å². The summed E-state index contributed by atoms with van der Waals surface area (Å²) in [7, 11) is 1.50. The maximum absolute atomic E-state index is 12.9. The summed E-state index contributed by atoms with van der Waals surface area (Å²) in [6, 6.07) is 23.1. The predicted octanol–water partition coefficient (Wildman–Crippen LogP) is 4.72. The van der Waals surface area contributed by atoms with Gasteiger partial charge in [0.05, 0.1) is 29.6 Å². The van der Waals surface area contributed by atoms with Crippen LogP contribution >= 0.6 is 0 Å². The molecule has 0 bridgehead atoms. The standard InChI is InChI=1S/C25H20N2O4/c1-17-21(24(28)27(26-17)20-11-7-4-8-12-20)15-18-13-14-22(23(16-18)30-2)31-25(29)19-9-5-3-6-10-19/h3-16H,1-2H3/b21-15-. The third-order valence-electron chi connectivity index (χ3n) is 4.77. The van der Waals surface area contributed by atoms with Crippen molar-refractivity contribution in [3.05, 3.63) is 95.6 Å². The van der Waals surface area contributed by atoms with Gasteiger partial charge in [0.25, 0.3) is 5.91 Å². The zero-order chi connectivity index (χ0) is 21.8. The molecule has 3 aromatic rings. The molecule has 0 fully saturated rings. The zero-order valence-electron chi connectivity index (χ0n) is 17.1. The Labute approximate surface area is 180 Å². The highest BCUT2D eigenvalue weighted by atomic mass is 16.6. The van der Waals surface area contributed by atoms with Crippen molar-refractivity contribution in [3.8, 4) is 11.5 Å². The third kappa shape index (κ3) is 4.23. The van der Waals surface area contributed by atoms with Crippen molar-refractivity contribution >= 4 is 29.4 Å². The highest BCUT2D eigenvalue weighted by molar-refractivity contribution is 6.32. The lowest BCUT2D eigenvalue weighted by atomic mass is 10.1. The minimum Gasteiger partial charge on any atom is -0.493 e. The second-order valence-corrected chi connectivity index (χ2v) is 6.86.